The second-order valence-electron chi connectivity index (χ2n) is 4.36. The minimum atomic E-state index is -0.486. The lowest BCUT2D eigenvalue weighted by Gasteiger charge is -2.19. The van der Waals surface area contributed by atoms with E-state index in [2.05, 4.69) is 16.1 Å². The first-order valence-electron chi connectivity index (χ1n) is 5.54. The zero-order chi connectivity index (χ0) is 14.6. The number of hydrogen-bond acceptors (Lipinski definition) is 6. The zero-order valence-electron chi connectivity index (χ0n) is 11.3. The molecular weight excluding hydrogens is 238 g/mol. The van der Waals surface area contributed by atoms with Crippen LogP contribution in [0.2, 0.25) is 0 Å². The van der Waals surface area contributed by atoms with Crippen molar-refractivity contribution in [2.75, 3.05) is 19.7 Å². The van der Waals surface area contributed by atoms with Crippen LogP contribution in [0.25, 0.3) is 0 Å². The van der Waals surface area contributed by atoms with Crippen molar-refractivity contribution in [3.8, 4) is 0 Å². The van der Waals surface area contributed by atoms with Crippen molar-refractivity contribution in [2.24, 2.45) is 17.4 Å². The predicted molar refractivity (Wildman–Crippen MR) is 70.0 cm³/mol. The third-order valence-electron chi connectivity index (χ3n) is 1.30. The highest BCUT2D eigenvalue weighted by atomic mass is 16.6. The summed E-state index contributed by atoms with van der Waals surface area (Å²) in [6, 6.07) is 0. The van der Waals surface area contributed by atoms with Crippen LogP contribution in [-0.4, -0.2) is 37.2 Å². The Kier molecular flexibility index (Phi) is 11.3. The molecule has 0 unspecified atom stereocenters. The Balaban J connectivity index is 0. The smallest absolute Gasteiger partial charge is 0.407 e. The summed E-state index contributed by atoms with van der Waals surface area (Å²) in [4.78, 5) is 15.1. The average molecular weight is 263 g/mol. The highest BCUT2D eigenvalue weighted by Crippen LogP contribution is 2.06. The van der Waals surface area contributed by atoms with Gasteiger partial charge in [-0.3, -0.25) is 5.41 Å². The van der Waals surface area contributed by atoms with E-state index >= 15 is 0 Å². The summed E-state index contributed by atoms with van der Waals surface area (Å²) in [7, 11) is 0. The number of nitrogens with two attached hydrogens (primary N) is 3. The van der Waals surface area contributed by atoms with Crippen molar-refractivity contribution in [1.82, 2.24) is 5.32 Å². The molecular formula is C10H25N5O3. The fraction of sp³-hybridized carbons (Fsp3) is 0.800. The van der Waals surface area contributed by atoms with Gasteiger partial charge in [0.1, 0.15) is 5.60 Å². The molecule has 0 aliphatic heterocycles. The fourth-order valence-corrected chi connectivity index (χ4v) is 0.681. The van der Waals surface area contributed by atoms with Gasteiger partial charge in [-0.25, -0.2) is 10.7 Å². The molecule has 0 saturated heterocycles. The van der Waals surface area contributed by atoms with E-state index in [9.17, 15) is 4.79 Å². The van der Waals surface area contributed by atoms with Gasteiger partial charge in [0.15, 0.2) is 0 Å². The van der Waals surface area contributed by atoms with Gasteiger partial charge in [0.05, 0.1) is 12.4 Å². The SMILES string of the molecule is CC(C)(C)OC(=O)NCCC(=N)N.NCCON. The maximum Gasteiger partial charge on any atom is 0.407 e. The van der Waals surface area contributed by atoms with Gasteiger partial charge >= 0.3 is 6.09 Å². The van der Waals surface area contributed by atoms with Crippen molar-refractivity contribution in [1.29, 1.82) is 5.41 Å². The molecule has 0 aliphatic carbocycles. The summed E-state index contributed by atoms with van der Waals surface area (Å²) in [5.41, 5.74) is 9.55. The van der Waals surface area contributed by atoms with Crippen molar-refractivity contribution < 1.29 is 14.4 Å². The van der Waals surface area contributed by atoms with Gasteiger partial charge in [0.2, 0.25) is 0 Å². The summed E-state index contributed by atoms with van der Waals surface area (Å²) in [5.74, 6) is 4.61. The third-order valence-corrected chi connectivity index (χ3v) is 1.30. The van der Waals surface area contributed by atoms with E-state index in [0.717, 1.165) is 0 Å². The Morgan fingerprint density at radius 2 is 1.94 bits per heavy atom. The Bertz CT molecular complexity index is 238. The number of carbonyl (C=O) groups is 1. The molecule has 0 spiro atoms. The summed E-state index contributed by atoms with van der Waals surface area (Å²) in [5, 5.41) is 9.39. The number of nitrogens with one attached hydrogen (secondary N) is 2. The van der Waals surface area contributed by atoms with Crippen LogP contribution in [0, 0.1) is 5.41 Å². The Hall–Kier alpha value is -1.38. The molecule has 0 saturated carbocycles. The maximum atomic E-state index is 11.0. The molecule has 0 fully saturated rings. The predicted octanol–water partition coefficient (Wildman–Crippen LogP) is -0.327. The topological polar surface area (TPSA) is 149 Å². The Morgan fingerprint density at radius 1 is 1.39 bits per heavy atom. The van der Waals surface area contributed by atoms with Gasteiger partial charge in [-0.1, -0.05) is 0 Å². The van der Waals surface area contributed by atoms with Gasteiger partial charge in [-0.15, -0.1) is 0 Å². The Morgan fingerprint density at radius 3 is 2.22 bits per heavy atom. The fourth-order valence-electron chi connectivity index (χ4n) is 0.681. The van der Waals surface area contributed by atoms with E-state index < -0.39 is 11.7 Å². The van der Waals surface area contributed by atoms with Crippen LogP contribution >= 0.6 is 0 Å². The van der Waals surface area contributed by atoms with Crippen LogP contribution in [0.15, 0.2) is 0 Å². The van der Waals surface area contributed by atoms with E-state index in [-0.39, 0.29) is 5.84 Å². The molecule has 0 heterocycles. The first-order valence-corrected chi connectivity index (χ1v) is 5.54. The number of hydrogen-bond donors (Lipinski definition) is 5. The summed E-state index contributed by atoms with van der Waals surface area (Å²) in [6.45, 7) is 6.65. The third kappa shape index (κ3) is 20.1. The standard InChI is InChI=1S/C8H17N3O2.C2H8N2O/c1-8(2,3)13-7(12)11-5-4-6(9)10;3-1-2-5-4/h4-5H2,1-3H3,(H3,9,10)(H,11,12);1-4H2. The van der Waals surface area contributed by atoms with Crippen LogP contribution in [0.5, 0.6) is 0 Å². The van der Waals surface area contributed by atoms with Crippen LogP contribution in [0.4, 0.5) is 4.79 Å². The zero-order valence-corrected chi connectivity index (χ0v) is 11.3. The highest BCUT2D eigenvalue weighted by Gasteiger charge is 2.15. The molecule has 0 aromatic rings. The van der Waals surface area contributed by atoms with E-state index in [1.54, 1.807) is 20.8 Å². The average Bonchev–Trinajstić information content (AvgIpc) is 2.16. The first kappa shape index (κ1) is 19.0. The van der Waals surface area contributed by atoms with Crippen LogP contribution < -0.4 is 22.7 Å². The lowest BCUT2D eigenvalue weighted by atomic mass is 10.2. The number of rotatable bonds is 5. The maximum absolute atomic E-state index is 11.0. The van der Waals surface area contributed by atoms with Crippen molar-refractivity contribution in [2.45, 2.75) is 32.8 Å². The molecule has 0 bridgehead atoms. The monoisotopic (exact) mass is 263 g/mol. The molecule has 0 rings (SSSR count). The molecule has 0 atom stereocenters. The second-order valence-corrected chi connectivity index (χ2v) is 4.36. The van der Waals surface area contributed by atoms with E-state index in [1.165, 1.54) is 0 Å². The molecule has 1 amide bonds. The molecule has 18 heavy (non-hydrogen) atoms. The molecule has 8 nitrogen and oxygen atoms in total. The van der Waals surface area contributed by atoms with Gasteiger partial charge in [-0.2, -0.15) is 0 Å². The molecule has 0 aromatic heterocycles. The molecule has 8 N–H and O–H groups in total. The minimum absolute atomic E-state index is 0.0519. The number of carbonyl (C=O) groups excluding carboxylic acids is 1. The largest absolute Gasteiger partial charge is 0.444 e. The van der Waals surface area contributed by atoms with Crippen molar-refractivity contribution in [3.63, 3.8) is 0 Å². The first-order chi connectivity index (χ1) is 8.22. The van der Waals surface area contributed by atoms with Crippen LogP contribution in [0.1, 0.15) is 27.2 Å². The van der Waals surface area contributed by atoms with E-state index in [4.69, 9.17) is 21.6 Å². The number of amides is 1. The quantitative estimate of drug-likeness (QED) is 0.260. The summed E-state index contributed by atoms with van der Waals surface area (Å²) >= 11 is 0. The minimum Gasteiger partial charge on any atom is -0.444 e. The van der Waals surface area contributed by atoms with Crippen molar-refractivity contribution in [3.05, 3.63) is 0 Å². The Labute approximate surface area is 108 Å². The summed E-state index contributed by atoms with van der Waals surface area (Å²) in [6.07, 6.45) is -0.132. The van der Waals surface area contributed by atoms with E-state index in [0.29, 0.717) is 26.1 Å². The van der Waals surface area contributed by atoms with Crippen molar-refractivity contribution >= 4 is 11.9 Å². The number of ether oxygens (including phenoxy) is 1. The van der Waals surface area contributed by atoms with E-state index in [1.807, 2.05) is 0 Å². The van der Waals surface area contributed by atoms with Crippen LogP contribution in [-0.2, 0) is 9.57 Å². The number of amidine groups is 1. The summed E-state index contributed by atoms with van der Waals surface area (Å²) < 4.78 is 4.96. The number of alkyl carbamates (subject to hydrolysis) is 1. The molecule has 108 valence electrons. The lowest BCUT2D eigenvalue weighted by molar-refractivity contribution is 0.0529. The second kappa shape index (κ2) is 10.8. The van der Waals surface area contributed by atoms with Crippen LogP contribution in [0.3, 0.4) is 0 Å². The van der Waals surface area contributed by atoms with Gasteiger partial charge in [0.25, 0.3) is 0 Å². The van der Waals surface area contributed by atoms with Gasteiger partial charge < -0.3 is 26.4 Å². The normalized spacial score (nSPS) is 10.1. The van der Waals surface area contributed by atoms with Gasteiger partial charge in [0, 0.05) is 19.5 Å². The molecule has 8 heteroatoms. The molecule has 0 aromatic carbocycles. The molecule has 0 radical (unpaired) electrons. The van der Waals surface area contributed by atoms with Gasteiger partial charge in [-0.05, 0) is 20.8 Å². The molecule has 0 aliphatic rings. The lowest BCUT2D eigenvalue weighted by Crippen LogP contribution is -2.34. The highest BCUT2D eigenvalue weighted by molar-refractivity contribution is 5.77.